The highest BCUT2D eigenvalue weighted by molar-refractivity contribution is 5.49. The number of nitrogens with zero attached hydrogens (tertiary/aromatic N) is 3. The van der Waals surface area contributed by atoms with Gasteiger partial charge >= 0.3 is 0 Å². The summed E-state index contributed by atoms with van der Waals surface area (Å²) >= 11 is 0. The van der Waals surface area contributed by atoms with Crippen molar-refractivity contribution in [2.75, 3.05) is 43.4 Å². The molecular weight excluding hydrogens is 238 g/mol. The van der Waals surface area contributed by atoms with Gasteiger partial charge in [0.25, 0.3) is 0 Å². The summed E-state index contributed by atoms with van der Waals surface area (Å²) in [5, 5.41) is 6.45. The Labute approximate surface area is 115 Å². The molecule has 1 aliphatic rings. The fourth-order valence-corrected chi connectivity index (χ4v) is 2.36. The molecule has 2 rings (SSSR count). The Kier molecular flexibility index (Phi) is 4.96. The van der Waals surface area contributed by atoms with Crippen molar-refractivity contribution < 1.29 is 0 Å². The number of likely N-dealkylation sites (N-methyl/N-ethyl adjacent to an activating group) is 1. The molecule has 5 heteroatoms. The van der Waals surface area contributed by atoms with Crippen LogP contribution >= 0.6 is 0 Å². The third-order valence-corrected chi connectivity index (χ3v) is 3.61. The Bertz CT molecular complexity index is 399. The van der Waals surface area contributed by atoms with Crippen LogP contribution in [0.1, 0.15) is 25.6 Å². The van der Waals surface area contributed by atoms with Crippen LogP contribution in [0.25, 0.3) is 0 Å². The Morgan fingerprint density at radius 2 is 2.00 bits per heavy atom. The van der Waals surface area contributed by atoms with Crippen LogP contribution in [-0.4, -0.2) is 43.2 Å². The SMILES string of the molecule is CNCCNc1cc(N2CCC(C)CC2)nc(C)n1. The number of rotatable bonds is 5. The van der Waals surface area contributed by atoms with Gasteiger partial charge < -0.3 is 15.5 Å². The molecule has 2 N–H and O–H groups in total. The Morgan fingerprint density at radius 3 is 2.68 bits per heavy atom. The molecule has 1 aromatic heterocycles. The van der Waals surface area contributed by atoms with E-state index in [-0.39, 0.29) is 0 Å². The summed E-state index contributed by atoms with van der Waals surface area (Å²) in [6, 6.07) is 2.07. The van der Waals surface area contributed by atoms with Crippen molar-refractivity contribution >= 4 is 11.6 Å². The van der Waals surface area contributed by atoms with E-state index < -0.39 is 0 Å². The minimum Gasteiger partial charge on any atom is -0.369 e. The fraction of sp³-hybridized carbons (Fsp3) is 0.714. The quantitative estimate of drug-likeness (QED) is 0.791. The summed E-state index contributed by atoms with van der Waals surface area (Å²) in [6.45, 7) is 8.30. The van der Waals surface area contributed by atoms with Crippen LogP contribution in [0.5, 0.6) is 0 Å². The van der Waals surface area contributed by atoms with Crippen LogP contribution in [-0.2, 0) is 0 Å². The topological polar surface area (TPSA) is 53.1 Å². The van der Waals surface area contributed by atoms with Crippen LogP contribution in [0, 0.1) is 12.8 Å². The maximum absolute atomic E-state index is 4.57. The normalized spacial score (nSPS) is 16.7. The average Bonchev–Trinajstić information content (AvgIpc) is 2.39. The molecule has 0 aliphatic carbocycles. The summed E-state index contributed by atoms with van der Waals surface area (Å²) in [6.07, 6.45) is 2.51. The fourth-order valence-electron chi connectivity index (χ4n) is 2.36. The number of aryl methyl sites for hydroxylation is 1. The van der Waals surface area contributed by atoms with E-state index in [4.69, 9.17) is 0 Å². The average molecular weight is 263 g/mol. The second-order valence-corrected chi connectivity index (χ2v) is 5.36. The van der Waals surface area contributed by atoms with E-state index in [2.05, 4.69) is 38.5 Å². The van der Waals surface area contributed by atoms with Gasteiger partial charge in [0.2, 0.25) is 0 Å². The summed E-state index contributed by atoms with van der Waals surface area (Å²) < 4.78 is 0. The molecule has 1 aromatic rings. The molecule has 0 atom stereocenters. The van der Waals surface area contributed by atoms with Gasteiger partial charge in [-0.3, -0.25) is 0 Å². The van der Waals surface area contributed by atoms with Crippen LogP contribution < -0.4 is 15.5 Å². The highest BCUT2D eigenvalue weighted by atomic mass is 15.2. The van der Waals surface area contributed by atoms with Gasteiger partial charge in [0.05, 0.1) is 0 Å². The van der Waals surface area contributed by atoms with E-state index in [9.17, 15) is 0 Å². The first kappa shape index (κ1) is 14.1. The van der Waals surface area contributed by atoms with Crippen LogP contribution in [0.3, 0.4) is 0 Å². The minimum absolute atomic E-state index is 0.836. The summed E-state index contributed by atoms with van der Waals surface area (Å²) in [4.78, 5) is 11.4. The molecule has 2 heterocycles. The first-order valence-corrected chi connectivity index (χ1v) is 7.18. The molecule has 0 spiro atoms. The number of hydrogen-bond donors (Lipinski definition) is 2. The molecule has 1 saturated heterocycles. The maximum atomic E-state index is 4.57. The molecule has 19 heavy (non-hydrogen) atoms. The second kappa shape index (κ2) is 6.70. The lowest BCUT2D eigenvalue weighted by Crippen LogP contribution is -2.33. The van der Waals surface area contributed by atoms with E-state index >= 15 is 0 Å². The van der Waals surface area contributed by atoms with Crippen molar-refractivity contribution in [1.29, 1.82) is 0 Å². The Hall–Kier alpha value is -1.36. The van der Waals surface area contributed by atoms with Gasteiger partial charge in [-0.15, -0.1) is 0 Å². The van der Waals surface area contributed by atoms with Gasteiger partial charge in [-0.1, -0.05) is 6.92 Å². The molecule has 0 bridgehead atoms. The molecular formula is C14H25N5. The van der Waals surface area contributed by atoms with E-state index in [1.807, 2.05) is 14.0 Å². The zero-order chi connectivity index (χ0) is 13.7. The second-order valence-electron chi connectivity index (χ2n) is 5.36. The highest BCUT2D eigenvalue weighted by Gasteiger charge is 2.17. The standard InChI is InChI=1S/C14H25N5/c1-11-4-8-19(9-5-11)14-10-13(16-7-6-15-3)17-12(2)18-14/h10-11,15H,4-9H2,1-3H3,(H,16,17,18). The van der Waals surface area contributed by atoms with Gasteiger partial charge in [-0.25, -0.2) is 9.97 Å². The van der Waals surface area contributed by atoms with Gasteiger partial charge in [-0.05, 0) is 32.7 Å². The molecule has 0 amide bonds. The highest BCUT2D eigenvalue weighted by Crippen LogP contribution is 2.22. The molecule has 0 unspecified atom stereocenters. The molecule has 0 saturated carbocycles. The monoisotopic (exact) mass is 263 g/mol. The molecule has 106 valence electrons. The minimum atomic E-state index is 0.836. The largest absolute Gasteiger partial charge is 0.369 e. The number of piperidine rings is 1. The zero-order valence-electron chi connectivity index (χ0n) is 12.2. The third-order valence-electron chi connectivity index (χ3n) is 3.61. The van der Waals surface area contributed by atoms with Crippen molar-refractivity contribution in [3.05, 3.63) is 11.9 Å². The van der Waals surface area contributed by atoms with Gasteiger partial charge in [0, 0.05) is 32.2 Å². The van der Waals surface area contributed by atoms with E-state index in [1.165, 1.54) is 12.8 Å². The van der Waals surface area contributed by atoms with Crippen molar-refractivity contribution in [2.24, 2.45) is 5.92 Å². The van der Waals surface area contributed by atoms with Crippen molar-refractivity contribution in [2.45, 2.75) is 26.7 Å². The molecule has 0 aromatic carbocycles. The van der Waals surface area contributed by atoms with Gasteiger partial charge in [0.15, 0.2) is 0 Å². The van der Waals surface area contributed by atoms with Crippen LogP contribution in [0.2, 0.25) is 0 Å². The zero-order valence-corrected chi connectivity index (χ0v) is 12.2. The Balaban J connectivity index is 2.03. The maximum Gasteiger partial charge on any atom is 0.134 e. The Morgan fingerprint density at radius 1 is 1.26 bits per heavy atom. The first-order chi connectivity index (χ1) is 9.19. The lowest BCUT2D eigenvalue weighted by molar-refractivity contribution is 0.436. The third kappa shape index (κ3) is 4.06. The number of nitrogens with one attached hydrogen (secondary N) is 2. The molecule has 1 aliphatic heterocycles. The van der Waals surface area contributed by atoms with E-state index in [1.54, 1.807) is 0 Å². The number of anilines is 2. The molecule has 1 fully saturated rings. The van der Waals surface area contributed by atoms with Crippen LogP contribution in [0.4, 0.5) is 11.6 Å². The molecule has 0 radical (unpaired) electrons. The first-order valence-electron chi connectivity index (χ1n) is 7.18. The van der Waals surface area contributed by atoms with E-state index in [0.29, 0.717) is 0 Å². The lowest BCUT2D eigenvalue weighted by Gasteiger charge is -2.31. The lowest BCUT2D eigenvalue weighted by atomic mass is 9.99. The predicted molar refractivity (Wildman–Crippen MR) is 79.8 cm³/mol. The van der Waals surface area contributed by atoms with Crippen LogP contribution in [0.15, 0.2) is 6.07 Å². The molecule has 5 nitrogen and oxygen atoms in total. The predicted octanol–water partition coefficient (Wildman–Crippen LogP) is 1.65. The summed E-state index contributed by atoms with van der Waals surface area (Å²) in [5.74, 6) is 3.67. The van der Waals surface area contributed by atoms with Crippen molar-refractivity contribution in [3.63, 3.8) is 0 Å². The van der Waals surface area contributed by atoms with Crippen molar-refractivity contribution in [3.8, 4) is 0 Å². The van der Waals surface area contributed by atoms with Gasteiger partial charge in [-0.2, -0.15) is 0 Å². The summed E-state index contributed by atoms with van der Waals surface area (Å²) in [5.41, 5.74) is 0. The van der Waals surface area contributed by atoms with Gasteiger partial charge in [0.1, 0.15) is 17.5 Å². The number of hydrogen-bond acceptors (Lipinski definition) is 5. The summed E-state index contributed by atoms with van der Waals surface area (Å²) in [7, 11) is 1.95. The van der Waals surface area contributed by atoms with E-state index in [0.717, 1.165) is 49.6 Å². The van der Waals surface area contributed by atoms with Crippen molar-refractivity contribution in [1.82, 2.24) is 15.3 Å². The smallest absolute Gasteiger partial charge is 0.134 e. The number of aromatic nitrogens is 2.